The van der Waals surface area contributed by atoms with Crippen molar-refractivity contribution in [3.05, 3.63) is 52.2 Å². The lowest BCUT2D eigenvalue weighted by Gasteiger charge is -2.16. The second-order valence-corrected chi connectivity index (χ2v) is 6.01. The molecule has 2 aromatic rings. The van der Waals surface area contributed by atoms with E-state index < -0.39 is 0 Å². The summed E-state index contributed by atoms with van der Waals surface area (Å²) in [5.41, 5.74) is 1.11. The van der Waals surface area contributed by atoms with Gasteiger partial charge in [0.25, 0.3) is 0 Å². The van der Waals surface area contributed by atoms with Gasteiger partial charge < -0.3 is 15.4 Å². The van der Waals surface area contributed by atoms with Crippen LogP contribution in [0.3, 0.4) is 0 Å². The molecule has 0 spiro atoms. The number of ether oxygens (including phenoxy) is 1. The molecule has 0 radical (unpaired) electrons. The Morgan fingerprint density at radius 1 is 1.23 bits per heavy atom. The van der Waals surface area contributed by atoms with Crippen LogP contribution < -0.4 is 15.4 Å². The van der Waals surface area contributed by atoms with Crippen LogP contribution in [0.25, 0.3) is 0 Å². The maximum Gasteiger partial charge on any atom is 0.191 e. The van der Waals surface area contributed by atoms with Crippen LogP contribution in [-0.4, -0.2) is 26.7 Å². The molecule has 22 heavy (non-hydrogen) atoms. The first-order chi connectivity index (χ1) is 10.7. The van der Waals surface area contributed by atoms with Crippen molar-refractivity contribution in [2.75, 3.05) is 20.7 Å². The molecular weight excluding hydrogens is 294 g/mol. The average molecular weight is 317 g/mol. The van der Waals surface area contributed by atoms with Crippen molar-refractivity contribution in [1.29, 1.82) is 0 Å². The van der Waals surface area contributed by atoms with Crippen molar-refractivity contribution in [3.8, 4) is 5.75 Å². The largest absolute Gasteiger partial charge is 0.496 e. The van der Waals surface area contributed by atoms with Crippen LogP contribution in [-0.2, 0) is 6.54 Å². The van der Waals surface area contributed by atoms with E-state index in [-0.39, 0.29) is 0 Å². The highest BCUT2D eigenvalue weighted by Crippen LogP contribution is 2.19. The van der Waals surface area contributed by atoms with Crippen molar-refractivity contribution >= 4 is 17.3 Å². The van der Waals surface area contributed by atoms with Crippen LogP contribution in [0.1, 0.15) is 23.3 Å². The predicted molar refractivity (Wildman–Crippen MR) is 93.9 cm³/mol. The Morgan fingerprint density at radius 2 is 2.05 bits per heavy atom. The number of para-hydroxylation sites is 1. The third-order valence-electron chi connectivity index (χ3n) is 3.47. The quantitative estimate of drug-likeness (QED) is 0.635. The van der Waals surface area contributed by atoms with Gasteiger partial charge in [0, 0.05) is 36.5 Å². The van der Waals surface area contributed by atoms with E-state index in [1.54, 1.807) is 25.5 Å². The molecule has 1 unspecified atom stereocenters. The van der Waals surface area contributed by atoms with Crippen LogP contribution in [0.4, 0.5) is 0 Å². The molecule has 0 saturated heterocycles. The van der Waals surface area contributed by atoms with Crippen LogP contribution in [0.2, 0.25) is 0 Å². The topological polar surface area (TPSA) is 45.7 Å². The Kier molecular flexibility index (Phi) is 6.27. The summed E-state index contributed by atoms with van der Waals surface area (Å²) in [6, 6.07) is 12.2. The Balaban J connectivity index is 1.85. The van der Waals surface area contributed by atoms with E-state index in [4.69, 9.17) is 4.74 Å². The van der Waals surface area contributed by atoms with E-state index in [1.165, 1.54) is 4.88 Å². The van der Waals surface area contributed by atoms with E-state index in [9.17, 15) is 0 Å². The number of aliphatic imine (C=N–C) groups is 1. The van der Waals surface area contributed by atoms with Gasteiger partial charge in [-0.1, -0.05) is 31.2 Å². The summed E-state index contributed by atoms with van der Waals surface area (Å²) >= 11 is 1.79. The molecule has 2 rings (SSSR count). The number of hydrogen-bond acceptors (Lipinski definition) is 3. The van der Waals surface area contributed by atoms with Gasteiger partial charge in [0.15, 0.2) is 5.96 Å². The molecule has 0 aliphatic carbocycles. The Morgan fingerprint density at radius 3 is 2.73 bits per heavy atom. The maximum absolute atomic E-state index is 5.36. The zero-order chi connectivity index (χ0) is 15.8. The number of nitrogens with zero attached hydrogens (tertiary/aromatic N) is 1. The molecule has 0 amide bonds. The number of hydrogen-bond donors (Lipinski definition) is 2. The summed E-state index contributed by atoms with van der Waals surface area (Å²) in [6.07, 6.45) is 0. The van der Waals surface area contributed by atoms with Gasteiger partial charge in [-0.15, -0.1) is 11.3 Å². The van der Waals surface area contributed by atoms with E-state index in [0.29, 0.717) is 12.5 Å². The van der Waals surface area contributed by atoms with Gasteiger partial charge in [-0.05, 0) is 17.5 Å². The van der Waals surface area contributed by atoms with Crippen molar-refractivity contribution in [2.45, 2.75) is 19.4 Å². The average Bonchev–Trinajstić information content (AvgIpc) is 3.09. The van der Waals surface area contributed by atoms with Crippen molar-refractivity contribution in [3.63, 3.8) is 0 Å². The van der Waals surface area contributed by atoms with Gasteiger partial charge in [-0.2, -0.15) is 0 Å². The third-order valence-corrected chi connectivity index (χ3v) is 4.57. The number of methoxy groups -OCH3 is 1. The van der Waals surface area contributed by atoms with E-state index in [2.05, 4.69) is 40.1 Å². The van der Waals surface area contributed by atoms with Crippen LogP contribution in [0, 0.1) is 0 Å². The minimum atomic E-state index is 0.463. The van der Waals surface area contributed by atoms with Crippen LogP contribution in [0.15, 0.2) is 46.8 Å². The zero-order valence-corrected chi connectivity index (χ0v) is 14.1. The van der Waals surface area contributed by atoms with Crippen molar-refractivity contribution < 1.29 is 4.74 Å². The van der Waals surface area contributed by atoms with Crippen LogP contribution in [0.5, 0.6) is 5.75 Å². The summed E-state index contributed by atoms with van der Waals surface area (Å²) in [5, 5.41) is 8.80. The van der Waals surface area contributed by atoms with Crippen molar-refractivity contribution in [2.24, 2.45) is 4.99 Å². The first-order valence-corrected chi connectivity index (χ1v) is 8.22. The van der Waals surface area contributed by atoms with E-state index in [0.717, 1.165) is 23.8 Å². The number of nitrogens with one attached hydrogen (secondary N) is 2. The molecule has 0 aliphatic rings. The number of benzene rings is 1. The molecule has 0 saturated carbocycles. The summed E-state index contributed by atoms with van der Waals surface area (Å²) in [7, 11) is 3.47. The minimum absolute atomic E-state index is 0.463. The molecule has 0 fully saturated rings. The summed E-state index contributed by atoms with van der Waals surface area (Å²) in [6.45, 7) is 3.75. The molecule has 1 heterocycles. The van der Waals surface area contributed by atoms with Gasteiger partial charge in [-0.3, -0.25) is 4.99 Å². The smallest absolute Gasteiger partial charge is 0.191 e. The summed E-state index contributed by atoms with van der Waals surface area (Å²) in [5.74, 6) is 2.15. The fraction of sp³-hybridized carbons (Fsp3) is 0.353. The number of thiophene rings is 1. The van der Waals surface area contributed by atoms with Gasteiger partial charge in [0.1, 0.15) is 5.75 Å². The molecule has 118 valence electrons. The van der Waals surface area contributed by atoms with Crippen LogP contribution >= 0.6 is 11.3 Å². The molecule has 1 aromatic heterocycles. The maximum atomic E-state index is 5.36. The second kappa shape index (κ2) is 8.44. The highest BCUT2D eigenvalue weighted by atomic mass is 32.1. The molecule has 1 atom stereocenters. The number of guanidine groups is 1. The molecule has 0 aliphatic heterocycles. The Hall–Kier alpha value is -2.01. The molecule has 2 N–H and O–H groups in total. The van der Waals surface area contributed by atoms with E-state index >= 15 is 0 Å². The Bertz CT molecular complexity index is 596. The molecule has 1 aromatic carbocycles. The zero-order valence-electron chi connectivity index (χ0n) is 13.3. The van der Waals surface area contributed by atoms with E-state index in [1.807, 2.05) is 24.3 Å². The fourth-order valence-corrected chi connectivity index (χ4v) is 2.96. The minimum Gasteiger partial charge on any atom is -0.496 e. The Labute approximate surface area is 136 Å². The van der Waals surface area contributed by atoms with Crippen molar-refractivity contribution in [1.82, 2.24) is 10.6 Å². The summed E-state index contributed by atoms with van der Waals surface area (Å²) < 4.78 is 5.36. The predicted octanol–water partition coefficient (Wildman–Crippen LogP) is 3.23. The number of rotatable bonds is 6. The summed E-state index contributed by atoms with van der Waals surface area (Å²) in [4.78, 5) is 5.65. The van der Waals surface area contributed by atoms with Gasteiger partial charge in [0.05, 0.1) is 7.11 Å². The van der Waals surface area contributed by atoms with Gasteiger partial charge in [-0.25, -0.2) is 0 Å². The lowest BCUT2D eigenvalue weighted by atomic mass is 10.1. The first kappa shape index (κ1) is 16.4. The lowest BCUT2D eigenvalue weighted by Crippen LogP contribution is -2.38. The van der Waals surface area contributed by atoms with Gasteiger partial charge >= 0.3 is 0 Å². The molecule has 5 heteroatoms. The molecular formula is C17H23N3OS. The molecule has 4 nitrogen and oxygen atoms in total. The first-order valence-electron chi connectivity index (χ1n) is 7.34. The SMILES string of the molecule is CN=C(NCc1ccccc1OC)NCC(C)c1cccs1. The third kappa shape index (κ3) is 4.49. The highest BCUT2D eigenvalue weighted by Gasteiger charge is 2.08. The lowest BCUT2D eigenvalue weighted by molar-refractivity contribution is 0.409. The monoisotopic (exact) mass is 317 g/mol. The fourth-order valence-electron chi connectivity index (χ4n) is 2.17. The normalized spacial score (nSPS) is 12.8. The van der Waals surface area contributed by atoms with Gasteiger partial charge in [0.2, 0.25) is 0 Å². The highest BCUT2D eigenvalue weighted by molar-refractivity contribution is 7.10. The second-order valence-electron chi connectivity index (χ2n) is 5.03. The molecule has 0 bridgehead atoms. The standard InChI is InChI=1S/C17H23N3OS/c1-13(16-9-6-10-22-16)11-19-17(18-2)20-12-14-7-4-5-8-15(14)21-3/h4-10,13H,11-12H2,1-3H3,(H2,18,19,20).